The highest BCUT2D eigenvalue weighted by atomic mass is 32.1. The molecule has 2 fully saturated rings. The summed E-state index contributed by atoms with van der Waals surface area (Å²) in [6.07, 6.45) is -0.722. The number of aliphatic hydroxyl groups is 1. The monoisotopic (exact) mass is 976 g/mol. The second-order valence-electron chi connectivity index (χ2n) is 18.6. The van der Waals surface area contributed by atoms with Crippen molar-refractivity contribution >= 4 is 46.3 Å². The fourth-order valence-electron chi connectivity index (χ4n) is 9.41. The lowest BCUT2D eigenvalue weighted by atomic mass is 9.91. The van der Waals surface area contributed by atoms with Gasteiger partial charge in [0.2, 0.25) is 23.6 Å². The molecule has 4 aromatic heterocycles. The number of nitrogens with zero attached hydrogens (tertiary/aromatic N) is 6. The maximum atomic E-state index is 14.5. The highest BCUT2D eigenvalue weighted by Gasteiger charge is 2.45. The number of hydrogen-bond acceptors (Lipinski definition) is 14. The van der Waals surface area contributed by atoms with E-state index in [-0.39, 0.29) is 74.2 Å². The minimum Gasteiger partial charge on any atom is -0.391 e. The lowest BCUT2D eigenvalue weighted by Gasteiger charge is -2.29. The van der Waals surface area contributed by atoms with Crippen molar-refractivity contribution in [1.82, 2.24) is 40.7 Å². The molecule has 8 atom stereocenters. The van der Waals surface area contributed by atoms with E-state index in [1.165, 1.54) is 4.90 Å². The molecule has 6 aromatic rings. The van der Waals surface area contributed by atoms with Crippen LogP contribution in [-0.2, 0) is 30.5 Å². The summed E-state index contributed by atoms with van der Waals surface area (Å²) in [6, 6.07) is 17.0. The number of aliphatic hydroxyl groups excluding tert-OH is 1. The SMILES string of the molecule is CCC(C(=O)N1C[C@H](O)C[C@H]1C(=O)N[C@@H](C)c1ccc(-c2scnc2C)cc1)c1cc(CO[C@@H]2C[C@@H](C(=O)N[C@@H](C)c3ccc(-c4scnc4C)cc3)N(C(=O)[C@@H](c3cc(C)no3)C(C)C)C2)no1. The number of aromatic nitrogens is 4. The molecule has 2 saturated heterocycles. The van der Waals surface area contributed by atoms with Crippen molar-refractivity contribution in [3.8, 4) is 20.9 Å². The van der Waals surface area contributed by atoms with Crippen LogP contribution in [0.3, 0.4) is 0 Å². The summed E-state index contributed by atoms with van der Waals surface area (Å²) < 4.78 is 17.7. The van der Waals surface area contributed by atoms with E-state index >= 15 is 0 Å². The zero-order valence-corrected chi connectivity index (χ0v) is 41.8. The third-order valence-corrected chi connectivity index (χ3v) is 15.2. The number of nitrogens with one attached hydrogen (secondary N) is 2. The molecular formula is C51H60N8O8S2. The van der Waals surface area contributed by atoms with Crippen molar-refractivity contribution in [2.75, 3.05) is 13.1 Å². The number of benzene rings is 2. The molecule has 2 aromatic carbocycles. The first-order chi connectivity index (χ1) is 33.1. The molecule has 0 bridgehead atoms. The van der Waals surface area contributed by atoms with Crippen molar-refractivity contribution in [1.29, 1.82) is 0 Å². The van der Waals surface area contributed by atoms with Gasteiger partial charge in [0.25, 0.3) is 0 Å². The summed E-state index contributed by atoms with van der Waals surface area (Å²) in [5, 5.41) is 25.2. The van der Waals surface area contributed by atoms with Crippen molar-refractivity contribution in [2.45, 2.75) is 129 Å². The number of amides is 4. The standard InChI is InChI=1S/C51H60N8O8S2/c1-9-40(50(63)58-22-38(60)20-41(58)48(61)54-29(5)33-10-14-35(15-11-33)46-31(7)52-25-68-46)43-19-37(57-66-43)24-65-39-21-42(59(23-39)51(64)45(27(2)3)44-18-28(4)56-67-44)49(62)55-30(6)34-12-16-36(17-13-34)47-32(8)53-26-69-47/h10-19,25-27,29-30,38-42,45,60H,9,20-24H2,1-8H3,(H,54,61)(H,55,62)/t29-,30-,38+,39+,40?,41-,42-,45+/m0/s1. The van der Waals surface area contributed by atoms with Crippen molar-refractivity contribution in [2.24, 2.45) is 5.92 Å². The fraction of sp³-hybridized carbons (Fsp3) is 0.451. The van der Waals surface area contributed by atoms with Gasteiger partial charge < -0.3 is 39.3 Å². The average Bonchev–Trinajstić information content (AvgIpc) is 4.21. The highest BCUT2D eigenvalue weighted by Crippen LogP contribution is 2.35. The molecule has 6 heterocycles. The number of rotatable bonds is 17. The Kier molecular flexibility index (Phi) is 15.2. The molecule has 0 radical (unpaired) electrons. The number of hydrogen-bond donors (Lipinski definition) is 3. The predicted molar refractivity (Wildman–Crippen MR) is 261 cm³/mol. The maximum absolute atomic E-state index is 14.5. The van der Waals surface area contributed by atoms with Gasteiger partial charge >= 0.3 is 0 Å². The van der Waals surface area contributed by atoms with Crippen LogP contribution in [0.15, 0.2) is 80.7 Å². The second-order valence-corrected chi connectivity index (χ2v) is 20.3. The van der Waals surface area contributed by atoms with E-state index in [1.54, 1.807) is 46.6 Å². The van der Waals surface area contributed by atoms with Crippen LogP contribution in [0.2, 0.25) is 0 Å². The Morgan fingerprint density at radius 3 is 1.77 bits per heavy atom. The van der Waals surface area contributed by atoms with Crippen LogP contribution in [0.1, 0.15) is 123 Å². The predicted octanol–water partition coefficient (Wildman–Crippen LogP) is 7.97. The van der Waals surface area contributed by atoms with Gasteiger partial charge in [0, 0.05) is 38.1 Å². The smallest absolute Gasteiger partial charge is 0.243 e. The van der Waals surface area contributed by atoms with Crippen LogP contribution in [0, 0.1) is 26.7 Å². The van der Waals surface area contributed by atoms with E-state index in [4.69, 9.17) is 13.8 Å². The molecule has 2 aliphatic heterocycles. The van der Waals surface area contributed by atoms with Gasteiger partial charge in [-0.25, -0.2) is 9.97 Å². The Morgan fingerprint density at radius 2 is 1.28 bits per heavy atom. The van der Waals surface area contributed by atoms with E-state index in [0.717, 1.165) is 43.4 Å². The van der Waals surface area contributed by atoms with Gasteiger partial charge in [0.1, 0.15) is 35.2 Å². The molecule has 0 spiro atoms. The first-order valence-electron chi connectivity index (χ1n) is 23.5. The Balaban J connectivity index is 0.920. The van der Waals surface area contributed by atoms with Gasteiger partial charge in [-0.15, -0.1) is 22.7 Å². The molecular weight excluding hydrogens is 917 g/mol. The summed E-state index contributed by atoms with van der Waals surface area (Å²) in [5.41, 5.74) is 10.6. The quantitative estimate of drug-likeness (QED) is 0.0796. The average molecular weight is 977 g/mol. The molecule has 0 aliphatic carbocycles. The summed E-state index contributed by atoms with van der Waals surface area (Å²) in [6.45, 7) is 15.4. The molecule has 18 heteroatoms. The normalized spacial score (nSPS) is 20.0. The first kappa shape index (κ1) is 49.3. The van der Waals surface area contributed by atoms with Gasteiger partial charge in [-0.3, -0.25) is 19.2 Å². The van der Waals surface area contributed by atoms with Gasteiger partial charge in [-0.05, 0) is 69.2 Å². The zero-order valence-electron chi connectivity index (χ0n) is 40.2. The minimum atomic E-state index is -0.877. The third kappa shape index (κ3) is 10.9. The Hall–Kier alpha value is -6.08. The molecule has 4 amide bonds. The van der Waals surface area contributed by atoms with Gasteiger partial charge in [0.05, 0.1) is 74.7 Å². The minimum absolute atomic E-state index is 0.00639. The van der Waals surface area contributed by atoms with Crippen molar-refractivity contribution in [3.63, 3.8) is 0 Å². The molecule has 0 saturated carbocycles. The van der Waals surface area contributed by atoms with Gasteiger partial charge in [-0.1, -0.05) is 79.6 Å². The number of carbonyl (C=O) groups excluding carboxylic acids is 4. The highest BCUT2D eigenvalue weighted by molar-refractivity contribution is 7.13. The van der Waals surface area contributed by atoms with Crippen LogP contribution >= 0.6 is 22.7 Å². The Morgan fingerprint density at radius 1 is 0.739 bits per heavy atom. The molecule has 3 N–H and O–H groups in total. The number of thiazole rings is 2. The molecule has 16 nitrogen and oxygen atoms in total. The number of carbonyl (C=O) groups is 4. The lowest BCUT2D eigenvalue weighted by Crippen LogP contribution is -2.48. The van der Waals surface area contributed by atoms with Gasteiger partial charge in [-0.2, -0.15) is 0 Å². The van der Waals surface area contributed by atoms with E-state index < -0.39 is 36.1 Å². The molecule has 8 rings (SSSR count). The van der Waals surface area contributed by atoms with Crippen LogP contribution < -0.4 is 10.6 Å². The number of aryl methyl sites for hydroxylation is 3. The zero-order chi connectivity index (χ0) is 49.1. The second kappa shape index (κ2) is 21.3. The Bertz CT molecular complexity index is 2750. The summed E-state index contributed by atoms with van der Waals surface area (Å²) in [7, 11) is 0. The van der Waals surface area contributed by atoms with Crippen LogP contribution in [0.5, 0.6) is 0 Å². The van der Waals surface area contributed by atoms with Crippen LogP contribution in [-0.4, -0.2) is 96.2 Å². The molecule has 364 valence electrons. The third-order valence-electron chi connectivity index (χ3n) is 13.2. The van der Waals surface area contributed by atoms with Gasteiger partial charge in [0.15, 0.2) is 0 Å². The molecule has 2 aliphatic rings. The van der Waals surface area contributed by atoms with E-state index in [1.807, 2.05) is 108 Å². The first-order valence-corrected chi connectivity index (χ1v) is 25.3. The summed E-state index contributed by atoms with van der Waals surface area (Å²) in [5.74, 6) is -2.14. The van der Waals surface area contributed by atoms with Crippen LogP contribution in [0.4, 0.5) is 0 Å². The van der Waals surface area contributed by atoms with E-state index in [9.17, 15) is 24.3 Å². The molecule has 69 heavy (non-hydrogen) atoms. The van der Waals surface area contributed by atoms with E-state index in [2.05, 4.69) is 30.9 Å². The number of likely N-dealkylation sites (tertiary alicyclic amines) is 2. The summed E-state index contributed by atoms with van der Waals surface area (Å²) >= 11 is 3.15. The topological polar surface area (TPSA) is 206 Å². The lowest BCUT2D eigenvalue weighted by molar-refractivity contribution is -0.141. The molecule has 1 unspecified atom stereocenters. The number of β-amino-alcohol motifs (C(OH)–C–C–N with tert-alkyl or cyclic N) is 1. The van der Waals surface area contributed by atoms with Crippen molar-refractivity contribution < 1.29 is 38.1 Å². The fourth-order valence-corrected chi connectivity index (χ4v) is 11.0. The largest absolute Gasteiger partial charge is 0.391 e. The Labute approximate surface area is 409 Å². The van der Waals surface area contributed by atoms with E-state index in [0.29, 0.717) is 29.3 Å². The van der Waals surface area contributed by atoms with Crippen LogP contribution in [0.25, 0.3) is 20.9 Å². The number of ether oxygens (including phenoxy) is 1. The maximum Gasteiger partial charge on any atom is 0.243 e. The summed E-state index contributed by atoms with van der Waals surface area (Å²) in [4.78, 5) is 70.6. The van der Waals surface area contributed by atoms with Crippen molar-refractivity contribution in [3.05, 3.63) is 117 Å².